The Balaban J connectivity index is 1.50. The lowest BCUT2D eigenvalue weighted by Crippen LogP contribution is -2.51. The van der Waals surface area contributed by atoms with Gasteiger partial charge < -0.3 is 9.84 Å². The predicted octanol–water partition coefficient (Wildman–Crippen LogP) is 3.89. The summed E-state index contributed by atoms with van der Waals surface area (Å²) in [5.41, 5.74) is 1.96. The Bertz CT molecular complexity index is 625. The Morgan fingerprint density at radius 3 is 2.88 bits per heavy atom. The Morgan fingerprint density at radius 1 is 1.20 bits per heavy atom. The fraction of sp³-hybridized carbons (Fsp3) is 0.864. The summed E-state index contributed by atoms with van der Waals surface area (Å²) in [5, 5.41) is 10.1. The number of allylic oxidation sites excluding steroid dienone is 1. The van der Waals surface area contributed by atoms with Crippen LogP contribution in [0, 0.1) is 34.5 Å². The SMILES string of the molecule is C[C@]12CC[C@@H]3[C@H](CC=C4C[C@H](O)CC[C@@]43C)[C@@H]1C[C@@H]1OCCC(=O)[C@@H]12. The molecule has 4 fully saturated rings. The average molecular weight is 344 g/mol. The van der Waals surface area contributed by atoms with E-state index in [9.17, 15) is 9.90 Å². The molecule has 3 saturated carbocycles. The molecule has 0 unspecified atom stereocenters. The van der Waals surface area contributed by atoms with Crippen LogP contribution in [0.4, 0.5) is 0 Å². The third-order valence-corrected chi connectivity index (χ3v) is 9.11. The summed E-state index contributed by atoms with van der Waals surface area (Å²) >= 11 is 0. The van der Waals surface area contributed by atoms with Crippen molar-refractivity contribution in [3.05, 3.63) is 11.6 Å². The lowest BCUT2D eigenvalue weighted by Gasteiger charge is -2.57. The van der Waals surface area contributed by atoms with Gasteiger partial charge in [0.05, 0.1) is 18.8 Å². The molecular weight excluding hydrogens is 312 g/mol. The minimum atomic E-state index is -0.134. The zero-order valence-corrected chi connectivity index (χ0v) is 15.7. The first kappa shape index (κ1) is 16.5. The van der Waals surface area contributed by atoms with Crippen LogP contribution in [0.15, 0.2) is 11.6 Å². The number of carbonyl (C=O) groups is 1. The second-order valence-corrected chi connectivity index (χ2v) is 10.0. The van der Waals surface area contributed by atoms with Gasteiger partial charge in [-0.25, -0.2) is 0 Å². The molecule has 0 spiro atoms. The molecule has 25 heavy (non-hydrogen) atoms. The van der Waals surface area contributed by atoms with Crippen LogP contribution in [-0.4, -0.2) is 29.7 Å². The summed E-state index contributed by atoms with van der Waals surface area (Å²) in [6.45, 7) is 5.50. The first-order valence-corrected chi connectivity index (χ1v) is 10.5. The molecule has 3 heteroatoms. The van der Waals surface area contributed by atoms with Gasteiger partial charge in [0.2, 0.25) is 0 Å². The minimum Gasteiger partial charge on any atom is -0.393 e. The number of ether oxygens (including phenoxy) is 1. The van der Waals surface area contributed by atoms with Crippen LogP contribution in [0.2, 0.25) is 0 Å². The normalized spacial score (nSPS) is 54.8. The van der Waals surface area contributed by atoms with E-state index in [0.717, 1.165) is 38.0 Å². The van der Waals surface area contributed by atoms with Gasteiger partial charge in [0.25, 0.3) is 0 Å². The maximum absolute atomic E-state index is 12.7. The number of ketones is 1. The Hall–Kier alpha value is -0.670. The molecule has 4 aliphatic carbocycles. The molecular formula is C22H32O3. The summed E-state index contributed by atoms with van der Waals surface area (Å²) in [6, 6.07) is 0. The third-order valence-electron chi connectivity index (χ3n) is 9.11. The van der Waals surface area contributed by atoms with Crippen molar-refractivity contribution in [2.45, 2.75) is 77.4 Å². The zero-order valence-electron chi connectivity index (χ0n) is 15.7. The number of carbonyl (C=O) groups excluding carboxylic acids is 1. The molecule has 3 nitrogen and oxygen atoms in total. The van der Waals surface area contributed by atoms with Crippen molar-refractivity contribution in [1.82, 2.24) is 0 Å². The molecule has 0 bridgehead atoms. The number of hydrogen-bond acceptors (Lipinski definition) is 3. The van der Waals surface area contributed by atoms with E-state index < -0.39 is 0 Å². The molecule has 5 aliphatic rings. The summed E-state index contributed by atoms with van der Waals surface area (Å²) in [4.78, 5) is 12.7. The molecule has 1 N–H and O–H groups in total. The number of hydrogen-bond donors (Lipinski definition) is 1. The maximum Gasteiger partial charge on any atom is 0.141 e. The topological polar surface area (TPSA) is 46.5 Å². The number of fused-ring (bicyclic) bond motifs is 7. The number of aliphatic hydroxyl groups is 1. The van der Waals surface area contributed by atoms with Crippen LogP contribution in [0.3, 0.4) is 0 Å². The van der Waals surface area contributed by atoms with Crippen LogP contribution >= 0.6 is 0 Å². The largest absolute Gasteiger partial charge is 0.393 e. The van der Waals surface area contributed by atoms with Gasteiger partial charge in [0.15, 0.2) is 0 Å². The van der Waals surface area contributed by atoms with Gasteiger partial charge in [-0.2, -0.15) is 0 Å². The second kappa shape index (κ2) is 5.42. The summed E-state index contributed by atoms with van der Waals surface area (Å²) in [6.07, 6.45) is 10.8. The van der Waals surface area contributed by atoms with E-state index in [1.165, 1.54) is 18.4 Å². The number of rotatable bonds is 0. The van der Waals surface area contributed by atoms with Gasteiger partial charge in [-0.3, -0.25) is 4.79 Å². The van der Waals surface area contributed by atoms with Crippen LogP contribution in [0.1, 0.15) is 65.2 Å². The summed E-state index contributed by atoms with van der Waals surface area (Å²) < 4.78 is 6.09. The fourth-order valence-corrected chi connectivity index (χ4v) is 7.84. The van der Waals surface area contributed by atoms with Gasteiger partial charge >= 0.3 is 0 Å². The molecule has 0 aromatic carbocycles. The fourth-order valence-electron chi connectivity index (χ4n) is 7.84. The molecule has 0 radical (unpaired) electrons. The van der Waals surface area contributed by atoms with E-state index in [2.05, 4.69) is 19.9 Å². The average Bonchev–Trinajstić information content (AvgIpc) is 2.89. The van der Waals surface area contributed by atoms with Crippen LogP contribution in [0.25, 0.3) is 0 Å². The third kappa shape index (κ3) is 2.15. The second-order valence-electron chi connectivity index (χ2n) is 10.0. The standard InChI is InChI=1S/C22H32O3/c1-21-8-5-14(23)11-13(21)3-4-15-16(21)6-9-22(2)17(15)12-19-20(22)18(24)7-10-25-19/h3,14-17,19-20,23H,4-12H2,1-2H3/t14-,15+,16-,17+,19+,20+,21+,22+/m1/s1. The van der Waals surface area contributed by atoms with Gasteiger partial charge in [-0.1, -0.05) is 25.5 Å². The first-order valence-electron chi connectivity index (χ1n) is 10.5. The van der Waals surface area contributed by atoms with Crippen molar-refractivity contribution in [2.75, 3.05) is 6.61 Å². The van der Waals surface area contributed by atoms with Crippen LogP contribution < -0.4 is 0 Å². The molecule has 8 atom stereocenters. The molecule has 1 saturated heterocycles. The van der Waals surface area contributed by atoms with Crippen LogP contribution in [0.5, 0.6) is 0 Å². The van der Waals surface area contributed by atoms with Gasteiger partial charge in [0, 0.05) is 12.3 Å². The molecule has 1 heterocycles. The Kier molecular flexibility index (Phi) is 3.58. The summed E-state index contributed by atoms with van der Waals surface area (Å²) in [5.74, 6) is 2.68. The Morgan fingerprint density at radius 2 is 2.04 bits per heavy atom. The number of Topliss-reactive ketones (excluding diaryl/α,β-unsaturated/α-hetero) is 1. The van der Waals surface area contributed by atoms with E-state index in [1.807, 2.05) is 0 Å². The van der Waals surface area contributed by atoms with Crippen molar-refractivity contribution in [2.24, 2.45) is 34.5 Å². The van der Waals surface area contributed by atoms with Crippen molar-refractivity contribution in [3.63, 3.8) is 0 Å². The zero-order chi connectivity index (χ0) is 17.4. The van der Waals surface area contributed by atoms with E-state index in [1.54, 1.807) is 0 Å². The maximum atomic E-state index is 12.7. The van der Waals surface area contributed by atoms with Gasteiger partial charge in [-0.15, -0.1) is 0 Å². The highest BCUT2D eigenvalue weighted by atomic mass is 16.5. The van der Waals surface area contributed by atoms with Crippen molar-refractivity contribution < 1.29 is 14.6 Å². The molecule has 0 amide bonds. The van der Waals surface area contributed by atoms with Gasteiger partial charge in [0.1, 0.15) is 5.78 Å². The molecule has 5 rings (SSSR count). The minimum absolute atomic E-state index is 0.134. The quantitative estimate of drug-likeness (QED) is 0.678. The van der Waals surface area contributed by atoms with E-state index in [4.69, 9.17) is 4.74 Å². The lowest BCUT2D eigenvalue weighted by molar-refractivity contribution is -0.143. The Labute approximate surface area is 151 Å². The van der Waals surface area contributed by atoms with E-state index in [-0.39, 0.29) is 29.0 Å². The molecule has 0 aromatic rings. The highest BCUT2D eigenvalue weighted by molar-refractivity contribution is 5.83. The van der Waals surface area contributed by atoms with E-state index >= 15 is 0 Å². The number of aliphatic hydroxyl groups excluding tert-OH is 1. The van der Waals surface area contributed by atoms with Crippen molar-refractivity contribution in [1.29, 1.82) is 0 Å². The van der Waals surface area contributed by atoms with E-state index in [0.29, 0.717) is 30.6 Å². The monoisotopic (exact) mass is 344 g/mol. The molecule has 0 aromatic heterocycles. The molecule has 1 aliphatic heterocycles. The summed E-state index contributed by atoms with van der Waals surface area (Å²) in [7, 11) is 0. The smallest absolute Gasteiger partial charge is 0.141 e. The van der Waals surface area contributed by atoms with Gasteiger partial charge in [-0.05, 0) is 73.5 Å². The molecule has 138 valence electrons. The first-order chi connectivity index (χ1) is 11.9. The highest BCUT2D eigenvalue weighted by Crippen LogP contribution is 2.67. The van der Waals surface area contributed by atoms with Crippen molar-refractivity contribution in [3.8, 4) is 0 Å². The van der Waals surface area contributed by atoms with Crippen LogP contribution in [-0.2, 0) is 9.53 Å². The van der Waals surface area contributed by atoms with Crippen molar-refractivity contribution >= 4 is 5.78 Å². The lowest BCUT2D eigenvalue weighted by atomic mass is 9.47. The predicted molar refractivity (Wildman–Crippen MR) is 95.9 cm³/mol. The highest BCUT2D eigenvalue weighted by Gasteiger charge is 2.63.